The van der Waals surface area contributed by atoms with Gasteiger partial charge in [-0.15, -0.1) is 0 Å². The Morgan fingerprint density at radius 3 is 2.43 bits per heavy atom. The van der Waals surface area contributed by atoms with Crippen LogP contribution in [0.1, 0.15) is 6.92 Å². The van der Waals surface area contributed by atoms with Crippen LogP contribution in [0.25, 0.3) is 22.2 Å². The molecule has 0 spiro atoms. The second-order valence-corrected chi connectivity index (χ2v) is 5.58. The maximum Gasteiger partial charge on any atom is 0.208 e. The Kier molecular flexibility index (Phi) is 3.75. The molecular formula is C17H13Cl2NO. The molecule has 0 saturated carbocycles. The van der Waals surface area contributed by atoms with Gasteiger partial charge in [0, 0.05) is 17.0 Å². The van der Waals surface area contributed by atoms with Gasteiger partial charge < -0.3 is 4.57 Å². The van der Waals surface area contributed by atoms with E-state index in [9.17, 15) is 4.79 Å². The molecule has 0 aliphatic heterocycles. The van der Waals surface area contributed by atoms with Crippen LogP contribution >= 0.6 is 23.2 Å². The SMILES string of the molecule is CCn1c(-c2ccccc2)c(Cl)c(=O)c2cc(Cl)ccc21. The molecule has 106 valence electrons. The minimum absolute atomic E-state index is 0.183. The Labute approximate surface area is 132 Å². The van der Waals surface area contributed by atoms with Gasteiger partial charge in [-0.3, -0.25) is 4.79 Å². The van der Waals surface area contributed by atoms with Crippen LogP contribution in [0.4, 0.5) is 0 Å². The molecule has 0 saturated heterocycles. The van der Waals surface area contributed by atoms with E-state index in [0.717, 1.165) is 16.8 Å². The number of hydrogen-bond donors (Lipinski definition) is 0. The third-order valence-electron chi connectivity index (χ3n) is 3.53. The fourth-order valence-corrected chi connectivity index (χ4v) is 3.08. The Balaban J connectivity index is 2.49. The van der Waals surface area contributed by atoms with Crippen LogP contribution in [0.15, 0.2) is 53.3 Å². The number of aryl methyl sites for hydroxylation is 1. The van der Waals surface area contributed by atoms with Gasteiger partial charge in [0.2, 0.25) is 5.43 Å². The molecule has 0 amide bonds. The number of fused-ring (bicyclic) bond motifs is 1. The summed E-state index contributed by atoms with van der Waals surface area (Å²) < 4.78 is 2.05. The first-order valence-corrected chi connectivity index (χ1v) is 7.46. The quantitative estimate of drug-likeness (QED) is 0.652. The second kappa shape index (κ2) is 5.55. The maximum absolute atomic E-state index is 12.5. The molecule has 0 aliphatic rings. The minimum Gasteiger partial charge on any atom is -0.339 e. The highest BCUT2D eigenvalue weighted by atomic mass is 35.5. The monoisotopic (exact) mass is 317 g/mol. The van der Waals surface area contributed by atoms with Crippen molar-refractivity contribution in [2.45, 2.75) is 13.5 Å². The molecule has 0 atom stereocenters. The van der Waals surface area contributed by atoms with Gasteiger partial charge in [-0.1, -0.05) is 53.5 Å². The molecule has 3 aromatic rings. The topological polar surface area (TPSA) is 22.0 Å². The number of rotatable bonds is 2. The first kappa shape index (κ1) is 14.2. The highest BCUT2D eigenvalue weighted by molar-refractivity contribution is 6.34. The zero-order valence-electron chi connectivity index (χ0n) is 11.4. The largest absolute Gasteiger partial charge is 0.339 e. The summed E-state index contributed by atoms with van der Waals surface area (Å²) in [7, 11) is 0. The summed E-state index contributed by atoms with van der Waals surface area (Å²) in [6.07, 6.45) is 0. The smallest absolute Gasteiger partial charge is 0.208 e. The lowest BCUT2D eigenvalue weighted by Gasteiger charge is -2.17. The van der Waals surface area contributed by atoms with Gasteiger partial charge in [0.05, 0.1) is 11.2 Å². The minimum atomic E-state index is -0.183. The van der Waals surface area contributed by atoms with Crippen molar-refractivity contribution in [3.8, 4) is 11.3 Å². The number of aromatic nitrogens is 1. The third-order valence-corrected chi connectivity index (χ3v) is 4.12. The van der Waals surface area contributed by atoms with Crippen molar-refractivity contribution in [3.05, 3.63) is 68.8 Å². The van der Waals surface area contributed by atoms with Gasteiger partial charge in [-0.05, 0) is 30.7 Å². The molecule has 2 aromatic carbocycles. The number of halogens is 2. The predicted molar refractivity (Wildman–Crippen MR) is 89.3 cm³/mol. The fraction of sp³-hybridized carbons (Fsp3) is 0.118. The molecule has 0 bridgehead atoms. The molecule has 0 unspecified atom stereocenters. The number of pyridine rings is 1. The Morgan fingerprint density at radius 2 is 1.76 bits per heavy atom. The molecular weight excluding hydrogens is 305 g/mol. The zero-order valence-corrected chi connectivity index (χ0v) is 12.9. The van der Waals surface area contributed by atoms with Crippen molar-refractivity contribution < 1.29 is 0 Å². The van der Waals surface area contributed by atoms with E-state index in [2.05, 4.69) is 0 Å². The molecule has 21 heavy (non-hydrogen) atoms. The van der Waals surface area contributed by atoms with Crippen molar-refractivity contribution in [3.63, 3.8) is 0 Å². The average Bonchev–Trinajstić information content (AvgIpc) is 2.51. The summed E-state index contributed by atoms with van der Waals surface area (Å²) in [4.78, 5) is 12.5. The van der Waals surface area contributed by atoms with Gasteiger partial charge >= 0.3 is 0 Å². The van der Waals surface area contributed by atoms with Gasteiger partial charge in [0.1, 0.15) is 5.02 Å². The van der Waals surface area contributed by atoms with E-state index in [4.69, 9.17) is 23.2 Å². The highest BCUT2D eigenvalue weighted by Gasteiger charge is 2.16. The number of benzene rings is 2. The van der Waals surface area contributed by atoms with Crippen molar-refractivity contribution in [2.24, 2.45) is 0 Å². The Bertz CT molecular complexity index is 869. The highest BCUT2D eigenvalue weighted by Crippen LogP contribution is 2.30. The van der Waals surface area contributed by atoms with Crippen molar-refractivity contribution >= 4 is 34.1 Å². The van der Waals surface area contributed by atoms with Crippen LogP contribution in [0, 0.1) is 0 Å². The molecule has 0 radical (unpaired) electrons. The average molecular weight is 318 g/mol. The normalized spacial score (nSPS) is 11.0. The number of nitrogens with zero attached hydrogens (tertiary/aromatic N) is 1. The lowest BCUT2D eigenvalue weighted by Crippen LogP contribution is -2.13. The van der Waals surface area contributed by atoms with Crippen LogP contribution in [0.5, 0.6) is 0 Å². The van der Waals surface area contributed by atoms with Crippen molar-refractivity contribution in [1.82, 2.24) is 4.57 Å². The van der Waals surface area contributed by atoms with Crippen LogP contribution < -0.4 is 5.43 Å². The molecule has 3 rings (SSSR count). The number of hydrogen-bond acceptors (Lipinski definition) is 1. The molecule has 1 heterocycles. The summed E-state index contributed by atoms with van der Waals surface area (Å²) in [5, 5.41) is 1.32. The summed E-state index contributed by atoms with van der Waals surface area (Å²) in [5.74, 6) is 0. The van der Waals surface area contributed by atoms with E-state index < -0.39 is 0 Å². The predicted octanol–water partition coefficient (Wildman–Crippen LogP) is 5.00. The van der Waals surface area contributed by atoms with Crippen LogP contribution in [-0.4, -0.2) is 4.57 Å². The second-order valence-electron chi connectivity index (χ2n) is 4.76. The third kappa shape index (κ3) is 2.35. The molecule has 0 N–H and O–H groups in total. The maximum atomic E-state index is 12.5. The Morgan fingerprint density at radius 1 is 1.05 bits per heavy atom. The zero-order chi connectivity index (χ0) is 15.0. The Hall–Kier alpha value is -1.77. The summed E-state index contributed by atoms with van der Waals surface area (Å²) in [6.45, 7) is 2.74. The van der Waals surface area contributed by atoms with E-state index in [1.807, 2.05) is 47.9 Å². The van der Waals surface area contributed by atoms with E-state index in [1.54, 1.807) is 12.1 Å². The lowest BCUT2D eigenvalue weighted by molar-refractivity contribution is 0.796. The molecule has 1 aromatic heterocycles. The van der Waals surface area contributed by atoms with Crippen molar-refractivity contribution in [1.29, 1.82) is 0 Å². The van der Waals surface area contributed by atoms with Crippen LogP contribution in [-0.2, 0) is 6.54 Å². The molecule has 0 aliphatic carbocycles. The fourth-order valence-electron chi connectivity index (χ4n) is 2.60. The molecule has 4 heteroatoms. The summed E-state index contributed by atoms with van der Waals surface area (Å²) >= 11 is 12.4. The van der Waals surface area contributed by atoms with E-state index in [1.165, 1.54) is 0 Å². The summed E-state index contributed by atoms with van der Waals surface area (Å²) in [5.41, 5.74) is 2.34. The van der Waals surface area contributed by atoms with Gasteiger partial charge in [-0.2, -0.15) is 0 Å². The van der Waals surface area contributed by atoms with E-state index in [0.29, 0.717) is 17.0 Å². The first-order chi connectivity index (χ1) is 10.1. The van der Waals surface area contributed by atoms with Gasteiger partial charge in [0.15, 0.2) is 0 Å². The van der Waals surface area contributed by atoms with Crippen LogP contribution in [0.3, 0.4) is 0 Å². The van der Waals surface area contributed by atoms with E-state index >= 15 is 0 Å². The van der Waals surface area contributed by atoms with Gasteiger partial charge in [0.25, 0.3) is 0 Å². The first-order valence-electron chi connectivity index (χ1n) is 6.70. The molecule has 2 nitrogen and oxygen atoms in total. The lowest BCUT2D eigenvalue weighted by atomic mass is 10.1. The van der Waals surface area contributed by atoms with Gasteiger partial charge in [-0.25, -0.2) is 0 Å². The van der Waals surface area contributed by atoms with Crippen molar-refractivity contribution in [2.75, 3.05) is 0 Å². The van der Waals surface area contributed by atoms with Crippen LogP contribution in [0.2, 0.25) is 10.0 Å². The summed E-state index contributed by atoms with van der Waals surface area (Å²) in [6, 6.07) is 15.0. The molecule has 0 fully saturated rings. The van der Waals surface area contributed by atoms with E-state index in [-0.39, 0.29) is 10.5 Å². The standard InChI is InChI=1S/C17H13Cl2NO/c1-2-20-14-9-8-12(18)10-13(14)17(21)15(19)16(20)11-6-4-3-5-7-11/h3-10H,2H2,1H3.